The molecule has 1 aromatic carbocycles. The Morgan fingerprint density at radius 2 is 2.07 bits per heavy atom. The molecule has 27 heavy (non-hydrogen) atoms. The van der Waals surface area contributed by atoms with Crippen molar-refractivity contribution in [1.29, 1.82) is 0 Å². The molecule has 0 aliphatic heterocycles. The van der Waals surface area contributed by atoms with Crippen LogP contribution in [-0.4, -0.2) is 20.7 Å². The quantitative estimate of drug-likeness (QED) is 0.564. The first-order valence-electron chi connectivity index (χ1n) is 8.33. The van der Waals surface area contributed by atoms with E-state index in [9.17, 15) is 9.59 Å². The molecule has 0 bridgehead atoms. The fourth-order valence-electron chi connectivity index (χ4n) is 2.74. The van der Waals surface area contributed by atoms with Crippen LogP contribution in [0.15, 0.2) is 52.6 Å². The topological polar surface area (TPSA) is 76.9 Å². The maximum Gasteiger partial charge on any atom is 0.267 e. The van der Waals surface area contributed by atoms with E-state index in [1.807, 2.05) is 42.6 Å². The first-order valence-corrected chi connectivity index (χ1v) is 10.0. The number of carbonyl (C=O) groups is 1. The predicted octanol–water partition coefficient (Wildman–Crippen LogP) is 4.09. The highest BCUT2D eigenvalue weighted by molar-refractivity contribution is 7.18. The zero-order chi connectivity index (χ0) is 19.0. The van der Waals surface area contributed by atoms with Gasteiger partial charge < -0.3 is 5.32 Å². The van der Waals surface area contributed by atoms with Gasteiger partial charge in [-0.1, -0.05) is 6.07 Å². The lowest BCUT2D eigenvalue weighted by Gasteiger charge is -2.14. The summed E-state index contributed by atoms with van der Waals surface area (Å²) in [7, 11) is 0. The Kier molecular flexibility index (Phi) is 4.59. The molecule has 0 aliphatic rings. The maximum atomic E-state index is 12.7. The first kappa shape index (κ1) is 17.6. The molecule has 4 aromatic rings. The van der Waals surface area contributed by atoms with E-state index in [1.54, 1.807) is 24.3 Å². The number of hydrogen-bond acceptors (Lipinski definition) is 6. The lowest BCUT2D eigenvalue weighted by Crippen LogP contribution is -2.33. The first-order chi connectivity index (χ1) is 13.0. The molecule has 3 aromatic heterocycles. The molecule has 1 atom stereocenters. The lowest BCUT2D eigenvalue weighted by molar-refractivity contribution is -0.119. The Balaban J connectivity index is 1.59. The number of thiophene rings is 1. The number of aryl methyl sites for hydroxylation is 1. The van der Waals surface area contributed by atoms with Crippen molar-refractivity contribution in [2.75, 3.05) is 5.32 Å². The number of amides is 1. The van der Waals surface area contributed by atoms with Crippen molar-refractivity contribution in [2.45, 2.75) is 19.9 Å². The monoisotopic (exact) mass is 396 g/mol. The molecule has 0 saturated carbocycles. The van der Waals surface area contributed by atoms with Crippen molar-refractivity contribution in [1.82, 2.24) is 14.8 Å². The second-order valence-corrected chi connectivity index (χ2v) is 8.24. The van der Waals surface area contributed by atoms with Crippen molar-refractivity contribution in [3.05, 3.63) is 63.2 Å². The smallest absolute Gasteiger partial charge is 0.267 e. The van der Waals surface area contributed by atoms with E-state index in [2.05, 4.69) is 15.4 Å². The summed E-state index contributed by atoms with van der Waals surface area (Å²) in [5.74, 6) is -0.306. The van der Waals surface area contributed by atoms with Crippen molar-refractivity contribution in [3.8, 4) is 10.6 Å². The number of fused-ring (bicyclic) bond motifs is 1. The van der Waals surface area contributed by atoms with Crippen molar-refractivity contribution in [2.24, 2.45) is 0 Å². The minimum absolute atomic E-state index is 0.306. The van der Waals surface area contributed by atoms with Gasteiger partial charge in [0.25, 0.3) is 5.56 Å². The van der Waals surface area contributed by atoms with Gasteiger partial charge in [-0.2, -0.15) is 5.10 Å². The molecular formula is C19H16N4O2S2. The van der Waals surface area contributed by atoms with Crippen LogP contribution in [0, 0.1) is 6.92 Å². The van der Waals surface area contributed by atoms with Crippen LogP contribution in [0.2, 0.25) is 0 Å². The molecular weight excluding hydrogens is 380 g/mol. The molecule has 8 heteroatoms. The predicted molar refractivity (Wildman–Crippen MR) is 110 cm³/mol. The highest BCUT2D eigenvalue weighted by atomic mass is 32.1. The molecule has 0 spiro atoms. The summed E-state index contributed by atoms with van der Waals surface area (Å²) in [6.07, 6.45) is 0. The Bertz CT molecular complexity index is 1180. The van der Waals surface area contributed by atoms with Crippen LogP contribution in [0.1, 0.15) is 18.0 Å². The fourth-order valence-corrected chi connectivity index (χ4v) is 4.23. The number of nitrogens with zero attached hydrogens (tertiary/aromatic N) is 3. The van der Waals surface area contributed by atoms with Crippen LogP contribution in [0.3, 0.4) is 0 Å². The van der Waals surface area contributed by atoms with Gasteiger partial charge in [0.1, 0.15) is 11.7 Å². The van der Waals surface area contributed by atoms with Gasteiger partial charge >= 0.3 is 0 Å². The number of benzene rings is 1. The van der Waals surface area contributed by atoms with Crippen molar-refractivity contribution < 1.29 is 4.79 Å². The molecule has 0 aliphatic carbocycles. The lowest BCUT2D eigenvalue weighted by atomic mass is 10.2. The van der Waals surface area contributed by atoms with Gasteiger partial charge in [0, 0.05) is 11.8 Å². The van der Waals surface area contributed by atoms with Gasteiger partial charge in [-0.25, -0.2) is 9.67 Å². The number of rotatable bonds is 4. The van der Waals surface area contributed by atoms with Crippen LogP contribution in [0.25, 0.3) is 20.8 Å². The second-order valence-electron chi connectivity index (χ2n) is 6.06. The SMILES string of the molecule is Cc1nc2cc(NC(=O)C(C)n3nc(-c4cccs4)ccc3=O)ccc2s1. The normalized spacial score (nSPS) is 12.2. The minimum Gasteiger partial charge on any atom is -0.324 e. The summed E-state index contributed by atoms with van der Waals surface area (Å²) in [5, 5.41) is 10.1. The van der Waals surface area contributed by atoms with E-state index in [4.69, 9.17) is 0 Å². The van der Waals surface area contributed by atoms with Gasteiger partial charge in [-0.05, 0) is 49.6 Å². The second kappa shape index (κ2) is 7.05. The molecule has 1 amide bonds. The van der Waals surface area contributed by atoms with Crippen molar-refractivity contribution in [3.63, 3.8) is 0 Å². The standard InChI is InChI=1S/C19H16N4O2S2/c1-11(23-18(24)8-6-14(22-23)16-4-3-9-26-16)19(25)21-13-5-7-17-15(10-13)20-12(2)27-17/h3-11H,1-2H3,(H,21,25). The fraction of sp³-hybridized carbons (Fsp3) is 0.158. The van der Waals surface area contributed by atoms with Crippen LogP contribution in [0.5, 0.6) is 0 Å². The number of aromatic nitrogens is 3. The average Bonchev–Trinajstić information content (AvgIpc) is 3.30. The summed E-state index contributed by atoms with van der Waals surface area (Å²) in [6, 6.07) is 11.8. The zero-order valence-corrected chi connectivity index (χ0v) is 16.3. The summed E-state index contributed by atoms with van der Waals surface area (Å²) in [5.41, 5.74) is 1.84. The van der Waals surface area contributed by atoms with Crippen LogP contribution in [0.4, 0.5) is 5.69 Å². The highest BCUT2D eigenvalue weighted by Gasteiger charge is 2.19. The molecule has 1 N–H and O–H groups in total. The van der Waals surface area contributed by atoms with Gasteiger partial charge in [0.2, 0.25) is 5.91 Å². The Morgan fingerprint density at radius 3 is 2.85 bits per heavy atom. The maximum absolute atomic E-state index is 12.7. The van der Waals surface area contributed by atoms with Gasteiger partial charge in [0.05, 0.1) is 20.1 Å². The largest absolute Gasteiger partial charge is 0.324 e. The van der Waals surface area contributed by atoms with E-state index in [-0.39, 0.29) is 11.5 Å². The molecule has 0 radical (unpaired) electrons. The summed E-state index contributed by atoms with van der Waals surface area (Å²) in [4.78, 5) is 30.3. The van der Waals surface area contributed by atoms with E-state index >= 15 is 0 Å². The number of anilines is 1. The number of thiazole rings is 1. The van der Waals surface area contributed by atoms with E-state index < -0.39 is 6.04 Å². The average molecular weight is 396 g/mol. The third-order valence-corrected chi connectivity index (χ3v) is 5.95. The highest BCUT2D eigenvalue weighted by Crippen LogP contribution is 2.25. The Hall–Kier alpha value is -2.84. The molecule has 3 heterocycles. The van der Waals surface area contributed by atoms with E-state index in [0.717, 1.165) is 20.1 Å². The van der Waals surface area contributed by atoms with Crippen LogP contribution < -0.4 is 10.9 Å². The van der Waals surface area contributed by atoms with Gasteiger partial charge in [-0.15, -0.1) is 22.7 Å². The van der Waals surface area contributed by atoms with Crippen LogP contribution >= 0.6 is 22.7 Å². The molecule has 0 saturated heterocycles. The number of hydrogen-bond donors (Lipinski definition) is 1. The number of nitrogens with one attached hydrogen (secondary N) is 1. The third-order valence-electron chi connectivity index (χ3n) is 4.11. The zero-order valence-electron chi connectivity index (χ0n) is 14.7. The van der Waals surface area contributed by atoms with Gasteiger partial charge in [-0.3, -0.25) is 9.59 Å². The molecule has 1 unspecified atom stereocenters. The van der Waals surface area contributed by atoms with Crippen LogP contribution in [-0.2, 0) is 4.79 Å². The van der Waals surface area contributed by atoms with Gasteiger partial charge in [0.15, 0.2) is 0 Å². The molecule has 6 nitrogen and oxygen atoms in total. The Morgan fingerprint density at radius 1 is 1.22 bits per heavy atom. The molecule has 136 valence electrons. The van der Waals surface area contributed by atoms with E-state index in [0.29, 0.717) is 11.4 Å². The number of carbonyl (C=O) groups excluding carboxylic acids is 1. The van der Waals surface area contributed by atoms with E-state index in [1.165, 1.54) is 22.1 Å². The summed E-state index contributed by atoms with van der Waals surface area (Å²) >= 11 is 3.14. The van der Waals surface area contributed by atoms with Crippen molar-refractivity contribution >= 4 is 44.5 Å². The minimum atomic E-state index is -0.745. The molecule has 0 fully saturated rings. The Labute approximate surface area is 163 Å². The third kappa shape index (κ3) is 3.54. The molecule has 4 rings (SSSR count). The summed E-state index contributed by atoms with van der Waals surface area (Å²) in [6.45, 7) is 3.61. The summed E-state index contributed by atoms with van der Waals surface area (Å²) < 4.78 is 2.29.